The van der Waals surface area contributed by atoms with Gasteiger partial charge in [-0.25, -0.2) is 4.68 Å². The fraction of sp³-hybridized carbons (Fsp3) is 0.0714. The molecule has 38 heavy (non-hydrogen) atoms. The number of para-hydroxylation sites is 1. The summed E-state index contributed by atoms with van der Waals surface area (Å²) in [7, 11) is 0. The molecule has 0 N–H and O–H groups in total. The van der Waals surface area contributed by atoms with E-state index in [1.807, 2.05) is 72.9 Å². The van der Waals surface area contributed by atoms with Gasteiger partial charge >= 0.3 is 0 Å². The van der Waals surface area contributed by atoms with E-state index in [2.05, 4.69) is 10.1 Å². The minimum Gasteiger partial charge on any atom is -0.486 e. The number of aromatic nitrogens is 5. The molecule has 1 aliphatic rings. The quantitative estimate of drug-likeness (QED) is 0.324. The van der Waals surface area contributed by atoms with Gasteiger partial charge in [0.15, 0.2) is 17.3 Å². The Kier molecular flexibility index (Phi) is 5.45. The van der Waals surface area contributed by atoms with Gasteiger partial charge in [-0.3, -0.25) is 4.79 Å². The maximum Gasteiger partial charge on any atom is 0.291 e. The van der Waals surface area contributed by atoms with Crippen LogP contribution in [0.3, 0.4) is 0 Å². The van der Waals surface area contributed by atoms with Crippen molar-refractivity contribution >= 4 is 34.0 Å². The van der Waals surface area contributed by atoms with Gasteiger partial charge < -0.3 is 9.47 Å². The van der Waals surface area contributed by atoms with E-state index in [4.69, 9.17) is 26.2 Å². The third-order valence-corrected chi connectivity index (χ3v) is 7.36. The molecule has 0 radical (unpaired) electrons. The van der Waals surface area contributed by atoms with Gasteiger partial charge in [0.2, 0.25) is 4.96 Å². The van der Waals surface area contributed by atoms with Gasteiger partial charge in [0.1, 0.15) is 18.9 Å². The molecule has 0 spiro atoms. The Morgan fingerprint density at radius 3 is 2.45 bits per heavy atom. The Balaban J connectivity index is 1.35. The Labute approximate surface area is 225 Å². The van der Waals surface area contributed by atoms with Crippen LogP contribution in [0.1, 0.15) is 5.56 Å². The average molecular weight is 540 g/mol. The van der Waals surface area contributed by atoms with Crippen molar-refractivity contribution in [2.45, 2.75) is 0 Å². The molecule has 8 nitrogen and oxygen atoms in total. The molecule has 7 rings (SSSR count). The molecule has 3 aromatic carbocycles. The number of fused-ring (bicyclic) bond motifs is 2. The first-order valence-electron chi connectivity index (χ1n) is 11.8. The summed E-state index contributed by atoms with van der Waals surface area (Å²) in [4.78, 5) is 18.4. The van der Waals surface area contributed by atoms with E-state index < -0.39 is 0 Å². The van der Waals surface area contributed by atoms with Crippen molar-refractivity contribution in [3.8, 4) is 39.8 Å². The normalized spacial score (nSPS) is 13.3. The van der Waals surface area contributed by atoms with Crippen molar-refractivity contribution < 1.29 is 9.47 Å². The van der Waals surface area contributed by atoms with E-state index >= 15 is 0 Å². The molecule has 1 aliphatic heterocycles. The lowest BCUT2D eigenvalue weighted by atomic mass is 10.1. The first-order valence-corrected chi connectivity index (χ1v) is 13.0. The molecular formula is C28H18ClN5O3S. The molecule has 0 aliphatic carbocycles. The van der Waals surface area contributed by atoms with Gasteiger partial charge in [-0.15, -0.1) is 5.10 Å². The number of benzene rings is 3. The molecule has 0 fully saturated rings. The predicted octanol–water partition coefficient (Wildman–Crippen LogP) is 4.64. The van der Waals surface area contributed by atoms with Crippen molar-refractivity contribution in [2.24, 2.45) is 0 Å². The maximum absolute atomic E-state index is 13.3. The van der Waals surface area contributed by atoms with Crippen LogP contribution in [0.2, 0.25) is 5.02 Å². The molecule has 4 heterocycles. The van der Waals surface area contributed by atoms with Crippen LogP contribution >= 0.6 is 22.9 Å². The van der Waals surface area contributed by atoms with Crippen LogP contribution < -0.4 is 19.6 Å². The largest absolute Gasteiger partial charge is 0.486 e. The number of thiazole rings is 1. The van der Waals surface area contributed by atoms with E-state index in [1.165, 1.54) is 15.9 Å². The second-order valence-electron chi connectivity index (χ2n) is 8.62. The van der Waals surface area contributed by atoms with Crippen LogP contribution in [0.15, 0.2) is 83.8 Å². The van der Waals surface area contributed by atoms with Crippen LogP contribution in [0.5, 0.6) is 11.5 Å². The molecule has 0 saturated carbocycles. The number of halogens is 1. The van der Waals surface area contributed by atoms with E-state index in [0.29, 0.717) is 50.7 Å². The lowest BCUT2D eigenvalue weighted by Gasteiger charge is -2.18. The first kappa shape index (κ1) is 22.7. The van der Waals surface area contributed by atoms with Gasteiger partial charge in [-0.05, 0) is 60.7 Å². The van der Waals surface area contributed by atoms with Gasteiger partial charge in [-0.2, -0.15) is 14.6 Å². The molecule has 0 unspecified atom stereocenters. The van der Waals surface area contributed by atoms with Gasteiger partial charge in [0.25, 0.3) is 5.56 Å². The number of ether oxygens (including phenoxy) is 2. The SMILES string of the molecule is O=c1/c(=C/c2cn(-c3ccccc3)nc2-c2ccc3c(c2)OCCO3)sc2nc(-c3ccc(Cl)cc3)nn12. The second kappa shape index (κ2) is 9.13. The lowest BCUT2D eigenvalue weighted by Crippen LogP contribution is -2.23. The Bertz CT molecular complexity index is 1910. The minimum absolute atomic E-state index is 0.238. The van der Waals surface area contributed by atoms with Crippen molar-refractivity contribution in [3.63, 3.8) is 0 Å². The highest BCUT2D eigenvalue weighted by Gasteiger charge is 2.18. The summed E-state index contributed by atoms with van der Waals surface area (Å²) in [6.07, 6.45) is 3.75. The van der Waals surface area contributed by atoms with Crippen LogP contribution in [0.25, 0.3) is 39.4 Å². The van der Waals surface area contributed by atoms with E-state index in [9.17, 15) is 4.79 Å². The van der Waals surface area contributed by atoms with Crippen molar-refractivity contribution in [1.29, 1.82) is 0 Å². The number of hydrogen-bond acceptors (Lipinski definition) is 7. The van der Waals surface area contributed by atoms with E-state index in [-0.39, 0.29) is 5.56 Å². The van der Waals surface area contributed by atoms with Crippen LogP contribution in [0.4, 0.5) is 0 Å². The van der Waals surface area contributed by atoms with Gasteiger partial charge in [-0.1, -0.05) is 41.1 Å². The summed E-state index contributed by atoms with van der Waals surface area (Å²) >= 11 is 7.28. The third kappa shape index (κ3) is 4.02. The smallest absolute Gasteiger partial charge is 0.291 e. The molecule has 0 saturated heterocycles. The summed E-state index contributed by atoms with van der Waals surface area (Å²) in [6.45, 7) is 1.02. The lowest BCUT2D eigenvalue weighted by molar-refractivity contribution is 0.171. The third-order valence-electron chi connectivity index (χ3n) is 6.15. The molecule has 0 amide bonds. The minimum atomic E-state index is -0.238. The predicted molar refractivity (Wildman–Crippen MR) is 146 cm³/mol. The highest BCUT2D eigenvalue weighted by Crippen LogP contribution is 2.35. The summed E-state index contributed by atoms with van der Waals surface area (Å²) in [5.74, 6) is 1.86. The second-order valence-corrected chi connectivity index (χ2v) is 10.1. The zero-order chi connectivity index (χ0) is 25.6. The summed E-state index contributed by atoms with van der Waals surface area (Å²) < 4.78 is 15.1. The van der Waals surface area contributed by atoms with E-state index in [1.54, 1.807) is 16.8 Å². The fourth-order valence-electron chi connectivity index (χ4n) is 4.32. The van der Waals surface area contributed by atoms with Crippen molar-refractivity contribution in [2.75, 3.05) is 13.2 Å². The van der Waals surface area contributed by atoms with Crippen LogP contribution in [0, 0.1) is 0 Å². The maximum atomic E-state index is 13.3. The molecule has 3 aromatic heterocycles. The topological polar surface area (TPSA) is 83.5 Å². The summed E-state index contributed by atoms with van der Waals surface area (Å²) in [6, 6.07) is 22.8. The highest BCUT2D eigenvalue weighted by molar-refractivity contribution is 7.15. The van der Waals surface area contributed by atoms with Crippen molar-refractivity contribution in [3.05, 3.63) is 104 Å². The molecular weight excluding hydrogens is 522 g/mol. The van der Waals surface area contributed by atoms with E-state index in [0.717, 1.165) is 22.4 Å². The van der Waals surface area contributed by atoms with Crippen LogP contribution in [-0.4, -0.2) is 37.6 Å². The molecule has 0 bridgehead atoms. The van der Waals surface area contributed by atoms with Gasteiger partial charge in [0, 0.05) is 27.9 Å². The zero-order valence-electron chi connectivity index (χ0n) is 19.7. The first-order chi connectivity index (χ1) is 18.6. The summed E-state index contributed by atoms with van der Waals surface area (Å²) in [5.41, 5.74) is 3.81. The standard InChI is InChI=1S/C28H18ClN5O3S/c29-20-9-6-17(7-10-20)26-30-28-34(32-26)27(35)24(38-28)15-19-16-33(21-4-2-1-3-5-21)31-25(19)18-8-11-22-23(14-18)37-13-12-36-22/h1-11,14-16H,12-13H2/b24-15-. The highest BCUT2D eigenvalue weighted by atomic mass is 35.5. The fourth-order valence-corrected chi connectivity index (χ4v) is 5.34. The molecule has 0 atom stereocenters. The zero-order valence-corrected chi connectivity index (χ0v) is 21.3. The Morgan fingerprint density at radius 1 is 0.895 bits per heavy atom. The Morgan fingerprint density at radius 2 is 1.66 bits per heavy atom. The summed E-state index contributed by atoms with van der Waals surface area (Å²) in [5, 5.41) is 9.94. The molecule has 10 heteroatoms. The number of rotatable bonds is 4. The Hall–Kier alpha value is -4.47. The monoisotopic (exact) mass is 539 g/mol. The average Bonchev–Trinajstić information content (AvgIpc) is 3.64. The number of nitrogens with zero attached hydrogens (tertiary/aromatic N) is 5. The van der Waals surface area contributed by atoms with Gasteiger partial charge in [0.05, 0.1) is 10.2 Å². The molecule has 186 valence electrons. The molecule has 6 aromatic rings. The van der Waals surface area contributed by atoms with Crippen LogP contribution in [-0.2, 0) is 0 Å². The number of hydrogen-bond donors (Lipinski definition) is 0. The van der Waals surface area contributed by atoms with Crippen molar-refractivity contribution in [1.82, 2.24) is 24.4 Å².